The van der Waals surface area contributed by atoms with Crippen molar-refractivity contribution in [1.29, 1.82) is 0 Å². The molecule has 0 bridgehead atoms. The third-order valence-corrected chi connectivity index (χ3v) is 4.60. The summed E-state index contributed by atoms with van der Waals surface area (Å²) >= 11 is 1.56. The second-order valence-corrected chi connectivity index (χ2v) is 7.54. The molecule has 8 nitrogen and oxygen atoms in total. The van der Waals surface area contributed by atoms with Gasteiger partial charge in [-0.1, -0.05) is 44.2 Å². The van der Waals surface area contributed by atoms with Crippen LogP contribution in [0.25, 0.3) is 0 Å². The lowest BCUT2D eigenvalue weighted by Gasteiger charge is -2.21. The number of benzene rings is 2. The van der Waals surface area contributed by atoms with Crippen LogP contribution in [-0.2, 0) is 25.6 Å². The Bertz CT molecular complexity index is 856. The predicted octanol–water partition coefficient (Wildman–Crippen LogP) is 4.38. The molecule has 0 radical (unpaired) electrons. The molecule has 0 fully saturated rings. The lowest BCUT2D eigenvalue weighted by molar-refractivity contribution is -0.176. The molecule has 31 heavy (non-hydrogen) atoms. The van der Waals surface area contributed by atoms with E-state index in [0.717, 1.165) is 10.5 Å². The average Bonchev–Trinajstić information content (AvgIpc) is 2.77. The van der Waals surface area contributed by atoms with E-state index in [1.165, 1.54) is 0 Å². The highest BCUT2D eigenvalue weighted by Crippen LogP contribution is 2.20. The topological polar surface area (TPSA) is 100 Å². The molecule has 1 amide bonds. The fraction of sp³-hybridized carbons (Fsp3) is 0.318. The summed E-state index contributed by atoms with van der Waals surface area (Å²) in [6.07, 6.45) is -1.01. The van der Waals surface area contributed by atoms with E-state index < -0.39 is 31.1 Å². The van der Waals surface area contributed by atoms with Crippen molar-refractivity contribution in [2.24, 2.45) is 5.92 Å². The van der Waals surface area contributed by atoms with Gasteiger partial charge in [0, 0.05) is 10.8 Å². The van der Waals surface area contributed by atoms with Crippen molar-refractivity contribution in [3.8, 4) is 5.75 Å². The van der Waals surface area contributed by atoms with Crippen molar-refractivity contribution in [1.82, 2.24) is 5.32 Å². The van der Waals surface area contributed by atoms with Crippen LogP contribution in [0.1, 0.15) is 19.4 Å². The summed E-state index contributed by atoms with van der Waals surface area (Å²) < 4.78 is 20.3. The van der Waals surface area contributed by atoms with Gasteiger partial charge in [-0.05, 0) is 36.1 Å². The summed E-state index contributed by atoms with van der Waals surface area (Å²) in [7, 11) is 0. The first-order valence-electron chi connectivity index (χ1n) is 9.54. The molecule has 0 aromatic heterocycles. The van der Waals surface area contributed by atoms with Gasteiger partial charge in [0.05, 0.1) is 0 Å². The fourth-order valence-electron chi connectivity index (χ4n) is 2.24. The van der Waals surface area contributed by atoms with Gasteiger partial charge in [-0.3, -0.25) is 4.79 Å². The Morgan fingerprint density at radius 1 is 0.968 bits per heavy atom. The Morgan fingerprint density at radius 3 is 2.26 bits per heavy atom. The predicted molar refractivity (Wildman–Crippen MR) is 115 cm³/mol. The molecule has 9 heteroatoms. The van der Waals surface area contributed by atoms with Crippen molar-refractivity contribution in [2.75, 3.05) is 12.8 Å². The van der Waals surface area contributed by atoms with Gasteiger partial charge >= 0.3 is 18.2 Å². The highest BCUT2D eigenvalue weighted by Gasteiger charge is 2.24. The molecule has 166 valence electrons. The number of alkyl carbamates (subject to hydrolysis) is 1. The van der Waals surface area contributed by atoms with E-state index in [2.05, 4.69) is 5.32 Å². The number of ether oxygens (including phenoxy) is 4. The zero-order valence-electron chi connectivity index (χ0n) is 17.5. The maximum Gasteiger partial charge on any atom is 0.516 e. The maximum atomic E-state index is 12.0. The van der Waals surface area contributed by atoms with Crippen molar-refractivity contribution in [2.45, 2.75) is 31.6 Å². The lowest BCUT2D eigenvalue weighted by Crippen LogP contribution is -2.36. The number of amides is 1. The van der Waals surface area contributed by atoms with Crippen molar-refractivity contribution < 1.29 is 33.3 Å². The van der Waals surface area contributed by atoms with Gasteiger partial charge in [-0.15, -0.1) is 11.8 Å². The number of rotatable bonds is 9. The van der Waals surface area contributed by atoms with E-state index in [1.54, 1.807) is 49.9 Å². The molecule has 0 spiro atoms. The second-order valence-electron chi connectivity index (χ2n) is 6.66. The molecule has 1 atom stereocenters. The summed E-state index contributed by atoms with van der Waals surface area (Å²) in [6, 6.07) is 16.0. The van der Waals surface area contributed by atoms with Gasteiger partial charge in [-0.2, -0.15) is 0 Å². The molecule has 2 rings (SSSR count). The van der Waals surface area contributed by atoms with Gasteiger partial charge in [0.2, 0.25) is 0 Å². The van der Waals surface area contributed by atoms with Crippen LogP contribution in [-0.4, -0.2) is 37.3 Å². The minimum absolute atomic E-state index is 0.0726. The van der Waals surface area contributed by atoms with E-state index in [0.29, 0.717) is 5.75 Å². The minimum atomic E-state index is -1.17. The number of carbonyl (C=O) groups is 3. The molecule has 2 aromatic rings. The molecule has 1 unspecified atom stereocenters. The van der Waals surface area contributed by atoms with Crippen LogP contribution >= 0.6 is 11.8 Å². The molecular formula is C22H25NO7S. The van der Waals surface area contributed by atoms with E-state index in [4.69, 9.17) is 18.9 Å². The Kier molecular flexibility index (Phi) is 9.70. The van der Waals surface area contributed by atoms with Crippen LogP contribution in [0, 0.1) is 5.92 Å². The van der Waals surface area contributed by atoms with E-state index in [-0.39, 0.29) is 12.5 Å². The van der Waals surface area contributed by atoms with Crippen molar-refractivity contribution >= 4 is 30.0 Å². The monoisotopic (exact) mass is 447 g/mol. The second kappa shape index (κ2) is 12.5. The summed E-state index contributed by atoms with van der Waals surface area (Å²) in [6.45, 7) is 3.05. The fourth-order valence-corrected chi connectivity index (χ4v) is 2.65. The van der Waals surface area contributed by atoms with Gasteiger partial charge in [0.1, 0.15) is 18.9 Å². The number of hydrogen-bond donors (Lipinski definition) is 1. The quantitative estimate of drug-likeness (QED) is 0.262. The average molecular weight is 448 g/mol. The number of carbonyl (C=O) groups excluding carboxylic acids is 3. The highest BCUT2D eigenvalue weighted by atomic mass is 32.2. The highest BCUT2D eigenvalue weighted by molar-refractivity contribution is 7.98. The summed E-state index contributed by atoms with van der Waals surface area (Å²) in [5.41, 5.74) is 0.815. The van der Waals surface area contributed by atoms with E-state index in [1.807, 2.05) is 36.6 Å². The first kappa shape index (κ1) is 24.1. The number of nitrogens with one attached hydrogen (secondary N) is 1. The third-order valence-electron chi connectivity index (χ3n) is 3.85. The SMILES string of the molecule is CSc1ccc(OC(=O)OC(OC(=O)CNC(=O)OCc2ccccc2)C(C)C)cc1. The van der Waals surface area contributed by atoms with Gasteiger partial charge in [0.15, 0.2) is 0 Å². The first-order valence-corrected chi connectivity index (χ1v) is 10.8. The minimum Gasteiger partial charge on any atom is -0.445 e. The molecule has 0 aliphatic heterocycles. The molecule has 0 aliphatic rings. The standard InChI is InChI=1S/C22H25NO7S/c1-15(2)20(30-22(26)28-17-9-11-18(31-3)12-10-17)29-19(24)13-23-21(25)27-14-16-7-5-4-6-8-16/h4-12,15,20H,13-14H2,1-3H3,(H,23,25). The summed E-state index contributed by atoms with van der Waals surface area (Å²) in [5.74, 6) is -0.813. The zero-order chi connectivity index (χ0) is 22.6. The Hall–Kier alpha value is -3.20. The molecule has 0 saturated carbocycles. The van der Waals surface area contributed by atoms with Crippen LogP contribution in [0.3, 0.4) is 0 Å². The Balaban J connectivity index is 1.75. The molecule has 0 saturated heterocycles. The normalized spacial score (nSPS) is 11.4. The molecule has 0 aliphatic carbocycles. The summed E-state index contributed by atoms with van der Waals surface area (Å²) in [4.78, 5) is 36.8. The van der Waals surface area contributed by atoms with E-state index >= 15 is 0 Å². The van der Waals surface area contributed by atoms with Crippen molar-refractivity contribution in [3.05, 3.63) is 60.2 Å². The van der Waals surface area contributed by atoms with E-state index in [9.17, 15) is 14.4 Å². The lowest BCUT2D eigenvalue weighted by atomic mass is 10.2. The summed E-state index contributed by atoms with van der Waals surface area (Å²) in [5, 5.41) is 2.29. The van der Waals surface area contributed by atoms with Gasteiger partial charge in [0.25, 0.3) is 6.29 Å². The van der Waals surface area contributed by atoms with Crippen molar-refractivity contribution in [3.63, 3.8) is 0 Å². The van der Waals surface area contributed by atoms with Crippen LogP contribution in [0.15, 0.2) is 59.5 Å². The largest absolute Gasteiger partial charge is 0.516 e. The molecular weight excluding hydrogens is 422 g/mol. The number of hydrogen-bond acceptors (Lipinski definition) is 8. The Morgan fingerprint density at radius 2 is 1.65 bits per heavy atom. The molecule has 2 aromatic carbocycles. The molecule has 0 heterocycles. The third kappa shape index (κ3) is 9.00. The number of esters is 1. The van der Waals surface area contributed by atoms with Crippen LogP contribution in [0.5, 0.6) is 5.75 Å². The smallest absolute Gasteiger partial charge is 0.445 e. The number of thioether (sulfide) groups is 1. The first-order chi connectivity index (χ1) is 14.9. The Labute approximate surface area is 185 Å². The van der Waals surface area contributed by atoms with Crippen LogP contribution in [0.2, 0.25) is 0 Å². The molecule has 1 N–H and O–H groups in total. The maximum absolute atomic E-state index is 12.0. The van der Waals surface area contributed by atoms with Crippen LogP contribution < -0.4 is 10.1 Å². The van der Waals surface area contributed by atoms with Gasteiger partial charge < -0.3 is 24.3 Å². The van der Waals surface area contributed by atoms with Crippen LogP contribution in [0.4, 0.5) is 9.59 Å². The van der Waals surface area contributed by atoms with Gasteiger partial charge in [-0.25, -0.2) is 9.59 Å². The zero-order valence-corrected chi connectivity index (χ0v) is 18.3.